The van der Waals surface area contributed by atoms with Gasteiger partial charge in [0, 0.05) is 87.6 Å². The highest BCUT2D eigenvalue weighted by atomic mass is 16.5. The number of benzene rings is 2. The Morgan fingerprint density at radius 2 is 1.77 bits per heavy atom. The molecular weight excluding hydrogens is 719 g/mol. The molecule has 2 amide bonds. The van der Waals surface area contributed by atoms with Crippen molar-refractivity contribution >= 4 is 41.5 Å². The van der Waals surface area contributed by atoms with Crippen LogP contribution < -0.4 is 15.5 Å². The van der Waals surface area contributed by atoms with Crippen LogP contribution in [-0.2, 0) is 32.1 Å². The Labute approximate surface area is 336 Å². The summed E-state index contributed by atoms with van der Waals surface area (Å²) in [7, 11) is 0. The van der Waals surface area contributed by atoms with Crippen molar-refractivity contribution in [1.82, 2.24) is 20.0 Å². The molecule has 300 valence electrons. The summed E-state index contributed by atoms with van der Waals surface area (Å²) in [6, 6.07) is 13.0. The van der Waals surface area contributed by atoms with E-state index in [0.29, 0.717) is 63.6 Å². The lowest BCUT2D eigenvalue weighted by molar-refractivity contribution is -0.130. The van der Waals surface area contributed by atoms with Gasteiger partial charge in [0.1, 0.15) is 24.5 Å². The predicted molar refractivity (Wildman–Crippen MR) is 225 cm³/mol. The second kappa shape index (κ2) is 18.4. The number of rotatable bonds is 15. The van der Waals surface area contributed by atoms with E-state index in [4.69, 9.17) is 4.74 Å². The molecule has 0 bridgehead atoms. The molecule has 12 nitrogen and oxygen atoms in total. The zero-order valence-electron chi connectivity index (χ0n) is 33.7. The monoisotopic (exact) mass is 773 g/mol. The van der Waals surface area contributed by atoms with Crippen LogP contribution in [0.25, 0.3) is 0 Å². The van der Waals surface area contributed by atoms with Gasteiger partial charge in [-0.3, -0.25) is 14.4 Å². The number of Topliss-reactive ketones (excluding diaryl/α,β-unsaturated/α-hetero) is 1. The summed E-state index contributed by atoms with van der Waals surface area (Å²) >= 11 is 0. The van der Waals surface area contributed by atoms with Crippen LogP contribution in [0.4, 0.5) is 11.4 Å². The normalized spacial score (nSPS) is 18.2. The average molecular weight is 774 g/mol. The number of carbonyl (C=O) groups is 4. The Morgan fingerprint density at radius 1 is 1.02 bits per heavy atom. The van der Waals surface area contributed by atoms with Crippen LogP contribution in [0.3, 0.4) is 0 Å². The molecule has 1 fully saturated rings. The van der Waals surface area contributed by atoms with Crippen LogP contribution in [0.5, 0.6) is 0 Å². The second-order valence-corrected chi connectivity index (χ2v) is 15.1. The van der Waals surface area contributed by atoms with Crippen molar-refractivity contribution in [2.45, 2.75) is 66.0 Å². The third-order valence-corrected chi connectivity index (χ3v) is 11.3. The van der Waals surface area contributed by atoms with Gasteiger partial charge in [0.25, 0.3) is 5.91 Å². The molecule has 1 saturated heterocycles. The first kappa shape index (κ1) is 40.7. The first-order valence-electron chi connectivity index (χ1n) is 19.8. The van der Waals surface area contributed by atoms with Gasteiger partial charge in [-0.1, -0.05) is 25.3 Å². The lowest BCUT2D eigenvalue weighted by Gasteiger charge is -2.36. The number of hydrogen-bond donors (Lipinski definition) is 2. The topological polar surface area (TPSA) is 127 Å². The van der Waals surface area contributed by atoms with Crippen molar-refractivity contribution in [3.05, 3.63) is 118 Å². The third kappa shape index (κ3) is 9.56. The summed E-state index contributed by atoms with van der Waals surface area (Å²) in [5.74, 6) is 1.24. The highest BCUT2D eigenvalue weighted by Crippen LogP contribution is 2.31. The summed E-state index contributed by atoms with van der Waals surface area (Å²) in [4.78, 5) is 62.3. The van der Waals surface area contributed by atoms with Gasteiger partial charge in [-0.2, -0.15) is 0 Å². The van der Waals surface area contributed by atoms with E-state index in [-0.39, 0.29) is 24.0 Å². The van der Waals surface area contributed by atoms with Crippen LogP contribution in [0.1, 0.15) is 68.4 Å². The summed E-state index contributed by atoms with van der Waals surface area (Å²) in [6.07, 6.45) is 6.35. The molecule has 12 heteroatoms. The first-order valence-corrected chi connectivity index (χ1v) is 19.8. The molecule has 2 N–H and O–H groups in total. The maximum Gasteiger partial charge on any atom is 0.255 e. The van der Waals surface area contributed by atoms with Crippen LogP contribution in [-0.4, -0.2) is 103 Å². The zero-order valence-corrected chi connectivity index (χ0v) is 33.7. The van der Waals surface area contributed by atoms with Crippen molar-refractivity contribution in [2.75, 3.05) is 62.6 Å². The maximum atomic E-state index is 13.3. The number of amides is 2. The van der Waals surface area contributed by atoms with E-state index in [1.165, 1.54) is 18.1 Å². The average Bonchev–Trinajstić information content (AvgIpc) is 3.53. The molecular formula is C45H55N7O5. The summed E-state index contributed by atoms with van der Waals surface area (Å²) < 4.78 is 5.77. The van der Waals surface area contributed by atoms with Crippen molar-refractivity contribution in [3.63, 3.8) is 0 Å². The minimum absolute atomic E-state index is 0.0811. The molecule has 1 unspecified atom stereocenters. The van der Waals surface area contributed by atoms with Gasteiger partial charge in [-0.05, 0) is 105 Å². The highest BCUT2D eigenvalue weighted by molar-refractivity contribution is 6.01. The van der Waals surface area contributed by atoms with Crippen LogP contribution in [0.15, 0.2) is 106 Å². The minimum Gasteiger partial charge on any atom is -0.494 e. The lowest BCUT2D eigenvalue weighted by Crippen LogP contribution is -2.49. The van der Waals surface area contributed by atoms with Crippen LogP contribution >= 0.6 is 0 Å². The number of carbonyl (C=O) groups excluding carboxylic acids is 4. The number of piperazine rings is 1. The molecule has 57 heavy (non-hydrogen) atoms. The van der Waals surface area contributed by atoms with E-state index in [1.807, 2.05) is 66.6 Å². The Kier molecular flexibility index (Phi) is 13.1. The summed E-state index contributed by atoms with van der Waals surface area (Å²) in [5, 5.41) is 6.75. The van der Waals surface area contributed by atoms with E-state index >= 15 is 0 Å². The van der Waals surface area contributed by atoms with Crippen LogP contribution in [0, 0.1) is 0 Å². The molecule has 4 heterocycles. The molecule has 6 rings (SSSR count). The number of fused-ring (bicyclic) bond motifs is 1. The summed E-state index contributed by atoms with van der Waals surface area (Å²) in [6.45, 7) is 21.9. The molecule has 0 aromatic heterocycles. The first-order chi connectivity index (χ1) is 27.5. The second-order valence-electron chi connectivity index (χ2n) is 15.1. The SMILES string of the molecule is C=C/C(=C(/C)C1=C(C)OCCN1)N1CCC(/C=N\C(=C)Nc2ccc(CC(=O)N3CCN(c4ccc5c(c4)CN(C(CCC=O)C(C)=O)C5=O)CC3)cc2)=C(C)C1. The standard InChI is InChI=1S/C45H55N7O5/c1-7-41(31(3)44-33(5)57-24-17-46-44)51-18-16-36(30(2)28-51)27-47-34(6)48-38-12-10-35(11-13-38)25-43(55)50-21-19-49(20-22-50)39-14-15-40-37(26-39)29-52(45(40)56)42(32(4)54)9-8-23-53/h7,10-15,23,26-27,42,46,48H,1,6,8-9,16-22,24-25,28-29H2,2-5H3/b41-31+,47-27-. The quantitative estimate of drug-likeness (QED) is 0.132. The predicted octanol–water partition coefficient (Wildman–Crippen LogP) is 5.76. The van der Waals surface area contributed by atoms with E-state index in [0.717, 1.165) is 77.6 Å². The molecule has 2 aromatic carbocycles. The van der Waals surface area contributed by atoms with E-state index < -0.39 is 6.04 Å². The highest BCUT2D eigenvalue weighted by Gasteiger charge is 2.35. The van der Waals surface area contributed by atoms with Crippen molar-refractivity contribution in [3.8, 4) is 0 Å². The van der Waals surface area contributed by atoms with Gasteiger partial charge < -0.3 is 39.8 Å². The fraction of sp³-hybridized carbons (Fsp3) is 0.400. The molecule has 0 radical (unpaired) electrons. The van der Waals surface area contributed by atoms with Crippen molar-refractivity contribution < 1.29 is 23.9 Å². The van der Waals surface area contributed by atoms with Crippen molar-refractivity contribution in [1.29, 1.82) is 0 Å². The van der Waals surface area contributed by atoms with E-state index in [1.54, 1.807) is 4.90 Å². The molecule has 4 aliphatic rings. The fourth-order valence-corrected chi connectivity index (χ4v) is 8.08. The maximum absolute atomic E-state index is 13.3. The molecule has 1 atom stereocenters. The largest absolute Gasteiger partial charge is 0.494 e. The number of ketones is 1. The van der Waals surface area contributed by atoms with Gasteiger partial charge in [0.05, 0.1) is 18.2 Å². The number of aldehydes is 1. The van der Waals surface area contributed by atoms with Gasteiger partial charge in [-0.15, -0.1) is 0 Å². The molecule has 0 saturated carbocycles. The molecule has 2 aromatic rings. The Morgan fingerprint density at radius 3 is 2.44 bits per heavy atom. The fourth-order valence-electron chi connectivity index (χ4n) is 8.08. The molecule has 0 spiro atoms. The number of nitrogens with zero attached hydrogens (tertiary/aromatic N) is 5. The lowest BCUT2D eigenvalue weighted by atomic mass is 10.00. The Hall–Kier alpha value is -5.91. The molecule has 4 aliphatic heterocycles. The van der Waals surface area contributed by atoms with Gasteiger partial charge in [0.15, 0.2) is 5.78 Å². The number of allylic oxidation sites excluding steroid dienone is 3. The molecule has 0 aliphatic carbocycles. The third-order valence-electron chi connectivity index (χ3n) is 11.3. The number of anilines is 2. The number of hydrogen-bond acceptors (Lipinski definition) is 10. The van der Waals surface area contributed by atoms with E-state index in [2.05, 4.69) is 52.4 Å². The van der Waals surface area contributed by atoms with Crippen molar-refractivity contribution in [2.24, 2.45) is 4.99 Å². The van der Waals surface area contributed by atoms with Gasteiger partial charge in [0.2, 0.25) is 5.91 Å². The van der Waals surface area contributed by atoms with E-state index in [9.17, 15) is 19.2 Å². The number of aliphatic imine (C=N–C) groups is 1. The number of nitrogens with one attached hydrogen (secondary N) is 2. The Bertz CT molecular complexity index is 2040. The zero-order chi connectivity index (χ0) is 40.6. The number of ether oxygens (including phenoxy) is 1. The Balaban J connectivity index is 0.966. The minimum atomic E-state index is -0.602. The van der Waals surface area contributed by atoms with Crippen LogP contribution in [0.2, 0.25) is 0 Å². The van der Waals surface area contributed by atoms with Gasteiger partial charge in [-0.25, -0.2) is 4.99 Å². The smallest absolute Gasteiger partial charge is 0.255 e. The summed E-state index contributed by atoms with van der Waals surface area (Å²) in [5.41, 5.74) is 9.98. The van der Waals surface area contributed by atoms with Gasteiger partial charge >= 0.3 is 0 Å².